The third-order valence-corrected chi connectivity index (χ3v) is 7.74. The SMILES string of the molecule is COC(=O)C1=C(C)NC(C)=C(C(=O)OC)N1c1cccc(NC(=O)NCCCN2CCC(c3cccc(OC)c3)CC2)c1. The van der Waals surface area contributed by atoms with Gasteiger partial charge in [0.1, 0.15) is 5.75 Å². The Bertz CT molecular complexity index is 1360. The quantitative estimate of drug-likeness (QED) is 0.274. The van der Waals surface area contributed by atoms with Gasteiger partial charge in [-0.1, -0.05) is 18.2 Å². The lowest BCUT2D eigenvalue weighted by molar-refractivity contribution is -0.136. The van der Waals surface area contributed by atoms with Gasteiger partial charge in [0.05, 0.1) is 21.3 Å². The number of hydrogen-bond acceptors (Lipinski definition) is 9. The van der Waals surface area contributed by atoms with Crippen LogP contribution in [-0.2, 0) is 19.1 Å². The number of nitrogens with one attached hydrogen (secondary N) is 3. The number of anilines is 2. The minimum absolute atomic E-state index is 0.141. The van der Waals surface area contributed by atoms with Crippen LogP contribution >= 0.6 is 0 Å². The van der Waals surface area contributed by atoms with Crippen molar-refractivity contribution < 1.29 is 28.6 Å². The summed E-state index contributed by atoms with van der Waals surface area (Å²) in [6.07, 6.45) is 3.03. The van der Waals surface area contributed by atoms with E-state index in [4.69, 9.17) is 14.2 Å². The zero-order chi connectivity index (χ0) is 30.9. The predicted molar refractivity (Wildman–Crippen MR) is 165 cm³/mol. The molecule has 2 aromatic carbocycles. The molecule has 2 aliphatic rings. The standard InChI is InChI=1S/C32H41N5O6/c1-21-28(30(38)42-4)37(29(22(2)34-21)31(39)43-5)26-11-7-10-25(20-26)35-32(40)33-15-8-16-36-17-13-23(14-18-36)24-9-6-12-27(19-24)41-3/h6-7,9-12,19-20,23,34H,8,13-18H2,1-5H3,(H2,33,35,40). The molecule has 0 radical (unpaired) electrons. The van der Waals surface area contributed by atoms with Crippen LogP contribution in [0, 0.1) is 0 Å². The first-order valence-electron chi connectivity index (χ1n) is 14.4. The maximum atomic E-state index is 12.7. The molecule has 0 aliphatic carbocycles. The maximum Gasteiger partial charge on any atom is 0.356 e. The second kappa shape index (κ2) is 14.6. The van der Waals surface area contributed by atoms with Crippen molar-refractivity contribution in [1.29, 1.82) is 0 Å². The van der Waals surface area contributed by atoms with Gasteiger partial charge in [-0.15, -0.1) is 0 Å². The van der Waals surface area contributed by atoms with Gasteiger partial charge < -0.3 is 35.1 Å². The highest BCUT2D eigenvalue weighted by Gasteiger charge is 2.35. The van der Waals surface area contributed by atoms with Crippen LogP contribution in [0.25, 0.3) is 0 Å². The number of likely N-dealkylation sites (tertiary alicyclic amines) is 1. The monoisotopic (exact) mass is 591 g/mol. The molecule has 2 aliphatic heterocycles. The van der Waals surface area contributed by atoms with Gasteiger partial charge in [-0.25, -0.2) is 14.4 Å². The molecule has 0 spiro atoms. The molecule has 43 heavy (non-hydrogen) atoms. The summed E-state index contributed by atoms with van der Waals surface area (Å²) in [4.78, 5) is 42.1. The number of ether oxygens (including phenoxy) is 3. The fraction of sp³-hybridized carbons (Fsp3) is 0.406. The second-order valence-corrected chi connectivity index (χ2v) is 10.6. The topological polar surface area (TPSA) is 121 Å². The Morgan fingerprint density at radius 2 is 1.56 bits per heavy atom. The summed E-state index contributed by atoms with van der Waals surface area (Å²) in [5.74, 6) is 0.188. The lowest BCUT2D eigenvalue weighted by Gasteiger charge is -2.34. The van der Waals surface area contributed by atoms with Crippen molar-refractivity contribution in [3.63, 3.8) is 0 Å². The van der Waals surface area contributed by atoms with Gasteiger partial charge in [-0.2, -0.15) is 0 Å². The molecule has 3 N–H and O–H groups in total. The van der Waals surface area contributed by atoms with E-state index in [-0.39, 0.29) is 17.4 Å². The lowest BCUT2D eigenvalue weighted by atomic mass is 9.89. The summed E-state index contributed by atoms with van der Waals surface area (Å²) >= 11 is 0. The maximum absolute atomic E-state index is 12.7. The molecule has 0 aromatic heterocycles. The van der Waals surface area contributed by atoms with Crippen molar-refractivity contribution in [2.24, 2.45) is 0 Å². The summed E-state index contributed by atoms with van der Waals surface area (Å²) in [6, 6.07) is 14.9. The number of piperidine rings is 1. The van der Waals surface area contributed by atoms with E-state index in [9.17, 15) is 14.4 Å². The van der Waals surface area contributed by atoms with Gasteiger partial charge in [0.2, 0.25) is 0 Å². The van der Waals surface area contributed by atoms with E-state index in [1.54, 1.807) is 45.2 Å². The third-order valence-electron chi connectivity index (χ3n) is 7.74. The van der Waals surface area contributed by atoms with Crippen molar-refractivity contribution >= 4 is 29.3 Å². The average Bonchev–Trinajstić information content (AvgIpc) is 3.02. The van der Waals surface area contributed by atoms with Crippen molar-refractivity contribution in [3.8, 4) is 5.75 Å². The molecule has 0 atom stereocenters. The number of esters is 2. The van der Waals surface area contributed by atoms with Gasteiger partial charge >= 0.3 is 18.0 Å². The normalized spacial score (nSPS) is 16.0. The van der Waals surface area contributed by atoms with Crippen LogP contribution in [0.2, 0.25) is 0 Å². The Kier molecular flexibility index (Phi) is 10.7. The second-order valence-electron chi connectivity index (χ2n) is 10.6. The van der Waals surface area contributed by atoms with Gasteiger partial charge in [0, 0.05) is 29.3 Å². The van der Waals surface area contributed by atoms with Gasteiger partial charge in [0.25, 0.3) is 0 Å². The molecule has 2 amide bonds. The number of allylic oxidation sites excluding steroid dienone is 2. The molecule has 230 valence electrons. The largest absolute Gasteiger partial charge is 0.497 e. The van der Waals surface area contributed by atoms with Crippen molar-refractivity contribution in [1.82, 2.24) is 15.5 Å². The molecule has 4 rings (SSSR count). The summed E-state index contributed by atoms with van der Waals surface area (Å²) in [5.41, 5.74) is 3.62. The Labute approximate surface area is 252 Å². The Morgan fingerprint density at radius 3 is 2.19 bits per heavy atom. The first-order chi connectivity index (χ1) is 20.7. The number of urea groups is 1. The van der Waals surface area contributed by atoms with Crippen LogP contribution in [-0.4, -0.2) is 70.4 Å². The van der Waals surface area contributed by atoms with Crippen molar-refractivity contribution in [2.75, 3.05) is 57.7 Å². The van der Waals surface area contributed by atoms with Gasteiger partial charge in [-0.3, -0.25) is 4.90 Å². The summed E-state index contributed by atoms with van der Waals surface area (Å²) in [7, 11) is 4.24. The molecule has 11 nitrogen and oxygen atoms in total. The average molecular weight is 592 g/mol. The molecule has 0 bridgehead atoms. The number of nitrogens with zero attached hydrogens (tertiary/aromatic N) is 2. The first kappa shape index (κ1) is 31.4. The van der Waals surface area contributed by atoms with Crippen LogP contribution in [0.3, 0.4) is 0 Å². The zero-order valence-corrected chi connectivity index (χ0v) is 25.5. The number of hydrogen-bond donors (Lipinski definition) is 3. The van der Waals surface area contributed by atoms with Crippen LogP contribution < -0.4 is 25.6 Å². The molecule has 2 aromatic rings. The van der Waals surface area contributed by atoms with Gasteiger partial charge in [-0.05, 0) is 94.6 Å². The molecular weight excluding hydrogens is 550 g/mol. The Morgan fingerprint density at radius 1 is 0.907 bits per heavy atom. The summed E-state index contributed by atoms with van der Waals surface area (Å²) < 4.78 is 15.4. The number of methoxy groups -OCH3 is 3. The summed E-state index contributed by atoms with van der Waals surface area (Å²) in [6.45, 7) is 6.92. The lowest BCUT2D eigenvalue weighted by Crippen LogP contribution is -2.40. The Balaban J connectivity index is 1.31. The van der Waals surface area contributed by atoms with Crippen LogP contribution in [0.5, 0.6) is 5.75 Å². The van der Waals surface area contributed by atoms with E-state index in [1.165, 1.54) is 24.7 Å². The number of amides is 2. The third kappa shape index (κ3) is 7.66. The molecule has 0 unspecified atom stereocenters. The number of carbonyl (C=O) groups is 3. The molecular formula is C32H41N5O6. The van der Waals surface area contributed by atoms with Gasteiger partial charge in [0.15, 0.2) is 11.4 Å². The fourth-order valence-corrected chi connectivity index (χ4v) is 5.58. The van der Waals surface area contributed by atoms with E-state index in [0.29, 0.717) is 35.2 Å². The highest BCUT2D eigenvalue weighted by molar-refractivity contribution is 6.03. The summed E-state index contributed by atoms with van der Waals surface area (Å²) in [5, 5.41) is 8.82. The van der Waals surface area contributed by atoms with E-state index in [1.807, 2.05) is 12.1 Å². The van der Waals surface area contributed by atoms with E-state index < -0.39 is 11.9 Å². The van der Waals surface area contributed by atoms with E-state index in [0.717, 1.165) is 44.6 Å². The minimum Gasteiger partial charge on any atom is -0.497 e. The fourth-order valence-electron chi connectivity index (χ4n) is 5.58. The van der Waals surface area contributed by atoms with Crippen LogP contribution in [0.15, 0.2) is 71.3 Å². The highest BCUT2D eigenvalue weighted by Crippen LogP contribution is 2.33. The van der Waals surface area contributed by atoms with Crippen LogP contribution in [0.4, 0.5) is 16.2 Å². The van der Waals surface area contributed by atoms with E-state index >= 15 is 0 Å². The zero-order valence-electron chi connectivity index (χ0n) is 25.5. The van der Waals surface area contributed by atoms with E-state index in [2.05, 4.69) is 33.0 Å². The molecule has 0 saturated carbocycles. The smallest absolute Gasteiger partial charge is 0.356 e. The highest BCUT2D eigenvalue weighted by atomic mass is 16.5. The molecule has 2 heterocycles. The number of carbonyl (C=O) groups excluding carboxylic acids is 3. The molecule has 1 saturated heterocycles. The van der Waals surface area contributed by atoms with Crippen LogP contribution in [0.1, 0.15) is 44.6 Å². The molecule has 11 heteroatoms. The number of rotatable bonds is 10. The van der Waals surface area contributed by atoms with Crippen molar-refractivity contribution in [2.45, 2.75) is 39.0 Å². The van der Waals surface area contributed by atoms with Crippen molar-refractivity contribution in [3.05, 3.63) is 76.9 Å². The predicted octanol–water partition coefficient (Wildman–Crippen LogP) is 4.31. The Hall–Kier alpha value is -4.51. The molecule has 1 fully saturated rings. The minimum atomic E-state index is -0.625. The first-order valence-corrected chi connectivity index (χ1v) is 14.4. The number of benzene rings is 2.